The lowest BCUT2D eigenvalue weighted by Crippen LogP contribution is -2.38. The highest BCUT2D eigenvalue weighted by molar-refractivity contribution is 5.74. The fourth-order valence-corrected chi connectivity index (χ4v) is 2.14. The Morgan fingerprint density at radius 1 is 1.56 bits per heavy atom. The molecule has 3 rings (SSSR count). The van der Waals surface area contributed by atoms with Crippen LogP contribution in [0.1, 0.15) is 24.1 Å². The van der Waals surface area contributed by atoms with Crippen molar-refractivity contribution in [2.75, 3.05) is 13.2 Å². The van der Waals surface area contributed by atoms with E-state index in [0.717, 1.165) is 25.9 Å². The summed E-state index contributed by atoms with van der Waals surface area (Å²) in [6.07, 6.45) is 4.99. The topological polar surface area (TPSA) is 68.2 Å². The van der Waals surface area contributed by atoms with Crippen LogP contribution in [-0.2, 0) is 24.3 Å². The molecule has 1 saturated carbocycles. The molecule has 0 atom stereocenters. The summed E-state index contributed by atoms with van der Waals surface area (Å²) in [4.78, 5) is 11.4. The molecule has 0 unspecified atom stereocenters. The highest BCUT2D eigenvalue weighted by Gasteiger charge is 2.23. The van der Waals surface area contributed by atoms with Crippen molar-refractivity contribution >= 4 is 6.03 Å². The van der Waals surface area contributed by atoms with E-state index in [9.17, 15) is 4.79 Å². The Labute approximate surface area is 106 Å². The van der Waals surface area contributed by atoms with Crippen LogP contribution < -0.4 is 10.6 Å². The number of hydrogen-bond donors (Lipinski definition) is 2. The number of hydrogen-bond acceptors (Lipinski definition) is 3. The lowest BCUT2D eigenvalue weighted by atomic mass is 10.2. The number of ether oxygens (including phenoxy) is 1. The number of fused-ring (bicyclic) bond motifs is 1. The zero-order valence-electron chi connectivity index (χ0n) is 10.3. The van der Waals surface area contributed by atoms with Gasteiger partial charge in [0, 0.05) is 30.3 Å². The third kappa shape index (κ3) is 2.64. The van der Waals surface area contributed by atoms with Gasteiger partial charge in [0.05, 0.1) is 26.0 Å². The smallest absolute Gasteiger partial charge is 0.315 e. The molecule has 1 aromatic rings. The molecule has 1 fully saturated rings. The second-order valence-corrected chi connectivity index (χ2v) is 4.82. The van der Waals surface area contributed by atoms with E-state index in [-0.39, 0.29) is 6.03 Å². The molecule has 2 N–H and O–H groups in total. The van der Waals surface area contributed by atoms with E-state index in [1.54, 1.807) is 0 Å². The molecule has 0 bridgehead atoms. The van der Waals surface area contributed by atoms with Crippen molar-refractivity contribution in [3.8, 4) is 0 Å². The minimum Gasteiger partial charge on any atom is -0.376 e. The first-order valence-electron chi connectivity index (χ1n) is 6.48. The Hall–Kier alpha value is -1.56. The van der Waals surface area contributed by atoms with Gasteiger partial charge in [-0.25, -0.2) is 4.79 Å². The number of nitrogens with one attached hydrogen (secondary N) is 2. The highest BCUT2D eigenvalue weighted by Crippen LogP contribution is 2.18. The van der Waals surface area contributed by atoms with Crippen LogP contribution in [0.15, 0.2) is 6.20 Å². The number of carbonyl (C=O) groups is 1. The first-order valence-corrected chi connectivity index (χ1v) is 6.48. The monoisotopic (exact) mass is 250 g/mol. The lowest BCUT2D eigenvalue weighted by Gasteiger charge is -2.14. The van der Waals surface area contributed by atoms with Crippen molar-refractivity contribution in [1.82, 2.24) is 20.4 Å². The number of urea groups is 1. The van der Waals surface area contributed by atoms with Crippen molar-refractivity contribution in [2.24, 2.45) is 0 Å². The van der Waals surface area contributed by atoms with E-state index in [0.29, 0.717) is 25.7 Å². The molecule has 2 heterocycles. The summed E-state index contributed by atoms with van der Waals surface area (Å²) in [5, 5.41) is 10.1. The van der Waals surface area contributed by atoms with E-state index in [4.69, 9.17) is 4.74 Å². The number of rotatable bonds is 4. The molecule has 6 nitrogen and oxygen atoms in total. The molecule has 1 aliphatic carbocycles. The molecule has 0 saturated heterocycles. The van der Waals surface area contributed by atoms with Gasteiger partial charge in [-0.05, 0) is 12.8 Å². The van der Waals surface area contributed by atoms with Gasteiger partial charge in [0.25, 0.3) is 0 Å². The Kier molecular flexibility index (Phi) is 3.19. The fourth-order valence-electron chi connectivity index (χ4n) is 2.14. The summed E-state index contributed by atoms with van der Waals surface area (Å²) in [7, 11) is 0. The second-order valence-electron chi connectivity index (χ2n) is 4.82. The lowest BCUT2D eigenvalue weighted by molar-refractivity contribution is 0.109. The van der Waals surface area contributed by atoms with Crippen molar-refractivity contribution in [3.63, 3.8) is 0 Å². The molecule has 98 valence electrons. The van der Waals surface area contributed by atoms with Gasteiger partial charge in [-0.3, -0.25) is 4.68 Å². The van der Waals surface area contributed by atoms with E-state index < -0.39 is 0 Å². The average Bonchev–Trinajstić information content (AvgIpc) is 3.09. The molecule has 0 spiro atoms. The molecule has 1 aromatic heterocycles. The van der Waals surface area contributed by atoms with Crippen molar-refractivity contribution in [1.29, 1.82) is 0 Å². The predicted octanol–water partition coefficient (Wildman–Crippen LogP) is 0.417. The maximum atomic E-state index is 11.4. The van der Waals surface area contributed by atoms with E-state index in [1.807, 2.05) is 10.9 Å². The van der Waals surface area contributed by atoms with E-state index in [2.05, 4.69) is 15.7 Å². The van der Waals surface area contributed by atoms with Crippen LogP contribution in [0.2, 0.25) is 0 Å². The maximum Gasteiger partial charge on any atom is 0.315 e. The normalized spacial score (nSPS) is 18.2. The summed E-state index contributed by atoms with van der Waals surface area (Å²) in [6, 6.07) is 0.335. The predicted molar refractivity (Wildman–Crippen MR) is 65.1 cm³/mol. The highest BCUT2D eigenvalue weighted by atomic mass is 16.5. The molecule has 2 amide bonds. The van der Waals surface area contributed by atoms with Crippen molar-refractivity contribution in [3.05, 3.63) is 17.5 Å². The third-order valence-electron chi connectivity index (χ3n) is 3.30. The summed E-state index contributed by atoms with van der Waals surface area (Å²) in [5.41, 5.74) is 2.41. The van der Waals surface area contributed by atoms with Crippen molar-refractivity contribution < 1.29 is 9.53 Å². The Balaban J connectivity index is 1.47. The molecule has 0 radical (unpaired) electrons. The fraction of sp³-hybridized carbons (Fsp3) is 0.667. The van der Waals surface area contributed by atoms with Crippen LogP contribution in [0.5, 0.6) is 0 Å². The minimum atomic E-state index is -0.0677. The molecular formula is C12H18N4O2. The second kappa shape index (κ2) is 4.97. The number of amides is 2. The first kappa shape index (κ1) is 11.5. The maximum absolute atomic E-state index is 11.4. The standard InChI is InChI=1S/C12H18N4O2/c17-12(15-10-1-2-10)13-4-5-16-11-3-6-18-8-9(11)7-14-16/h7,10H,1-6,8H2,(H2,13,15,17). The van der Waals surface area contributed by atoms with Gasteiger partial charge in [-0.15, -0.1) is 0 Å². The van der Waals surface area contributed by atoms with Crippen LogP contribution in [-0.4, -0.2) is 35.0 Å². The van der Waals surface area contributed by atoms with Crippen molar-refractivity contribution in [2.45, 2.75) is 38.5 Å². The van der Waals surface area contributed by atoms with Gasteiger partial charge < -0.3 is 15.4 Å². The Morgan fingerprint density at radius 2 is 2.44 bits per heavy atom. The van der Waals surface area contributed by atoms with Crippen LogP contribution in [0.4, 0.5) is 4.79 Å². The zero-order valence-corrected chi connectivity index (χ0v) is 10.3. The summed E-state index contributed by atoms with van der Waals surface area (Å²) < 4.78 is 7.34. The number of carbonyl (C=O) groups excluding carboxylic acids is 1. The number of nitrogens with zero attached hydrogens (tertiary/aromatic N) is 2. The zero-order chi connectivity index (χ0) is 12.4. The molecule has 6 heteroatoms. The Bertz CT molecular complexity index is 439. The van der Waals surface area contributed by atoms with Crippen LogP contribution in [0.3, 0.4) is 0 Å². The molecule has 2 aliphatic rings. The van der Waals surface area contributed by atoms with Gasteiger partial charge in [0.2, 0.25) is 0 Å². The van der Waals surface area contributed by atoms with E-state index >= 15 is 0 Å². The average molecular weight is 250 g/mol. The van der Waals surface area contributed by atoms with Gasteiger partial charge in [-0.2, -0.15) is 5.10 Å². The van der Waals surface area contributed by atoms with E-state index in [1.165, 1.54) is 11.3 Å². The molecular weight excluding hydrogens is 232 g/mol. The van der Waals surface area contributed by atoms with Gasteiger partial charge in [-0.1, -0.05) is 0 Å². The summed E-state index contributed by atoms with van der Waals surface area (Å²) >= 11 is 0. The summed E-state index contributed by atoms with van der Waals surface area (Å²) in [6.45, 7) is 2.74. The largest absolute Gasteiger partial charge is 0.376 e. The van der Waals surface area contributed by atoms with Gasteiger partial charge in [0.15, 0.2) is 0 Å². The molecule has 18 heavy (non-hydrogen) atoms. The Morgan fingerprint density at radius 3 is 3.28 bits per heavy atom. The van der Waals surface area contributed by atoms with Crippen LogP contribution >= 0.6 is 0 Å². The molecule has 1 aliphatic heterocycles. The van der Waals surface area contributed by atoms with Gasteiger partial charge in [0.1, 0.15) is 0 Å². The minimum absolute atomic E-state index is 0.0677. The first-order chi connectivity index (χ1) is 8.83. The van der Waals surface area contributed by atoms with Crippen LogP contribution in [0.25, 0.3) is 0 Å². The summed E-state index contributed by atoms with van der Waals surface area (Å²) in [5.74, 6) is 0. The van der Waals surface area contributed by atoms with Gasteiger partial charge >= 0.3 is 6.03 Å². The molecule has 0 aromatic carbocycles. The SMILES string of the molecule is O=C(NCCn1ncc2c1CCOC2)NC1CC1. The quantitative estimate of drug-likeness (QED) is 0.813. The van der Waals surface area contributed by atoms with Crippen LogP contribution in [0, 0.1) is 0 Å². The third-order valence-corrected chi connectivity index (χ3v) is 3.30. The number of aromatic nitrogens is 2.